The smallest absolute Gasteiger partial charge is 0.195 e. The lowest BCUT2D eigenvalue weighted by Gasteiger charge is -2.03. The normalized spacial score (nSPS) is 11.4. The lowest BCUT2D eigenvalue weighted by molar-refractivity contribution is 0.340. The van der Waals surface area contributed by atoms with Gasteiger partial charge in [0.1, 0.15) is 12.1 Å². The number of thiophene rings is 1. The largest absolute Gasteiger partial charge is 0.494 e. The first-order valence-electron chi connectivity index (χ1n) is 7.06. The number of hydrogen-bond donors (Lipinski definition) is 0. The monoisotopic (exact) mass is 312 g/mol. The minimum Gasteiger partial charge on any atom is -0.494 e. The molecule has 3 aromatic rings. The van der Waals surface area contributed by atoms with Crippen molar-refractivity contribution in [2.75, 3.05) is 6.61 Å². The molecule has 0 atom stereocenters. The fourth-order valence-corrected chi connectivity index (χ4v) is 3.04. The molecular formula is C16H16N4OS. The summed E-state index contributed by atoms with van der Waals surface area (Å²) in [5.74, 6) is 1.48. The van der Waals surface area contributed by atoms with E-state index in [9.17, 15) is 0 Å². The maximum absolute atomic E-state index is 5.48. The number of fused-ring (bicyclic) bond motifs is 1. The molecule has 0 fully saturated rings. The standard InChI is InChI=1S/C16H16N4OS/c1-3-21-13-6-4-5-12(7-13)8-19-20-16-15-14(17-10-18-16)11(2)9-22-15/h4-7,9-10H,3,8H2,1-2H3. The number of rotatable bonds is 5. The van der Waals surface area contributed by atoms with Crippen molar-refractivity contribution < 1.29 is 4.74 Å². The minimum atomic E-state index is 0.497. The number of ether oxygens (including phenoxy) is 1. The first-order valence-corrected chi connectivity index (χ1v) is 7.94. The number of benzene rings is 1. The Bertz CT molecular complexity index is 813. The van der Waals surface area contributed by atoms with E-state index in [0.29, 0.717) is 19.0 Å². The van der Waals surface area contributed by atoms with Crippen molar-refractivity contribution in [3.05, 3.63) is 47.1 Å². The number of nitrogens with zero attached hydrogens (tertiary/aromatic N) is 4. The van der Waals surface area contributed by atoms with Gasteiger partial charge < -0.3 is 4.74 Å². The summed E-state index contributed by atoms with van der Waals surface area (Å²) in [6.45, 7) is 5.15. The van der Waals surface area contributed by atoms with Gasteiger partial charge in [-0.3, -0.25) is 0 Å². The van der Waals surface area contributed by atoms with Gasteiger partial charge in [0, 0.05) is 0 Å². The van der Waals surface area contributed by atoms with Crippen molar-refractivity contribution in [3.8, 4) is 5.75 Å². The van der Waals surface area contributed by atoms with Gasteiger partial charge in [-0.15, -0.1) is 16.5 Å². The van der Waals surface area contributed by atoms with Crippen LogP contribution >= 0.6 is 11.3 Å². The van der Waals surface area contributed by atoms with Gasteiger partial charge in [-0.2, -0.15) is 5.11 Å². The summed E-state index contributed by atoms with van der Waals surface area (Å²) in [7, 11) is 0. The number of aromatic nitrogens is 2. The highest BCUT2D eigenvalue weighted by Crippen LogP contribution is 2.30. The van der Waals surface area contributed by atoms with Gasteiger partial charge in [-0.25, -0.2) is 9.97 Å². The zero-order valence-electron chi connectivity index (χ0n) is 12.5. The molecule has 0 unspecified atom stereocenters. The zero-order chi connectivity index (χ0) is 15.4. The molecule has 0 N–H and O–H groups in total. The Labute approximate surface area is 132 Å². The van der Waals surface area contributed by atoms with Crippen LogP contribution in [0.4, 0.5) is 5.82 Å². The maximum atomic E-state index is 5.48. The lowest BCUT2D eigenvalue weighted by Crippen LogP contribution is -1.92. The fourth-order valence-electron chi connectivity index (χ4n) is 2.11. The lowest BCUT2D eigenvalue weighted by atomic mass is 10.2. The number of aryl methyl sites for hydroxylation is 1. The summed E-state index contributed by atoms with van der Waals surface area (Å²) in [6, 6.07) is 7.88. The second-order valence-electron chi connectivity index (χ2n) is 4.77. The van der Waals surface area contributed by atoms with Crippen molar-refractivity contribution in [3.63, 3.8) is 0 Å². The van der Waals surface area contributed by atoms with E-state index in [-0.39, 0.29) is 0 Å². The molecule has 2 aromatic heterocycles. The van der Waals surface area contributed by atoms with Crippen molar-refractivity contribution in [1.82, 2.24) is 9.97 Å². The minimum absolute atomic E-state index is 0.497. The molecular weight excluding hydrogens is 296 g/mol. The molecule has 0 saturated heterocycles. The Morgan fingerprint density at radius 3 is 3.05 bits per heavy atom. The molecule has 3 rings (SSSR count). The van der Waals surface area contributed by atoms with E-state index in [0.717, 1.165) is 27.1 Å². The SMILES string of the molecule is CCOc1cccc(CN=Nc2ncnc3c(C)csc23)c1. The van der Waals surface area contributed by atoms with Crippen LogP contribution in [0.3, 0.4) is 0 Å². The molecule has 0 spiro atoms. The Morgan fingerprint density at radius 1 is 1.27 bits per heavy atom. The molecule has 6 heteroatoms. The predicted octanol–water partition coefficient (Wildman–Crippen LogP) is 4.68. The fraction of sp³-hybridized carbons (Fsp3) is 0.250. The van der Waals surface area contributed by atoms with E-state index in [1.807, 2.05) is 38.1 Å². The highest BCUT2D eigenvalue weighted by Gasteiger charge is 2.07. The van der Waals surface area contributed by atoms with E-state index >= 15 is 0 Å². The average molecular weight is 312 g/mol. The van der Waals surface area contributed by atoms with Crippen molar-refractivity contribution in [2.24, 2.45) is 10.2 Å². The van der Waals surface area contributed by atoms with Gasteiger partial charge in [-0.05, 0) is 42.5 Å². The molecule has 1 aromatic carbocycles. The molecule has 0 aliphatic carbocycles. The van der Waals surface area contributed by atoms with Gasteiger partial charge in [0.15, 0.2) is 5.82 Å². The molecule has 0 saturated carbocycles. The first kappa shape index (κ1) is 14.6. The third-order valence-corrected chi connectivity index (χ3v) is 4.22. The van der Waals surface area contributed by atoms with Crippen LogP contribution in [-0.4, -0.2) is 16.6 Å². The molecule has 0 radical (unpaired) electrons. The number of hydrogen-bond acceptors (Lipinski definition) is 6. The summed E-state index contributed by atoms with van der Waals surface area (Å²) in [4.78, 5) is 8.49. The quantitative estimate of drug-likeness (QED) is 0.642. The Kier molecular flexibility index (Phi) is 4.39. The average Bonchev–Trinajstić information content (AvgIpc) is 2.91. The Morgan fingerprint density at radius 2 is 2.18 bits per heavy atom. The molecule has 112 valence electrons. The van der Waals surface area contributed by atoms with E-state index in [1.54, 1.807) is 11.3 Å². The Hall–Kier alpha value is -2.34. The molecule has 5 nitrogen and oxygen atoms in total. The van der Waals surface area contributed by atoms with E-state index in [4.69, 9.17) is 4.74 Å². The third kappa shape index (κ3) is 3.12. The van der Waals surface area contributed by atoms with Gasteiger partial charge in [-0.1, -0.05) is 12.1 Å². The molecule has 22 heavy (non-hydrogen) atoms. The van der Waals surface area contributed by atoms with Crippen LogP contribution in [0, 0.1) is 6.92 Å². The highest BCUT2D eigenvalue weighted by molar-refractivity contribution is 7.17. The molecule has 0 bridgehead atoms. The van der Waals surface area contributed by atoms with Crippen LogP contribution in [0.1, 0.15) is 18.1 Å². The molecule has 0 amide bonds. The van der Waals surface area contributed by atoms with Crippen molar-refractivity contribution >= 4 is 27.4 Å². The Balaban J connectivity index is 1.77. The topological polar surface area (TPSA) is 59.7 Å². The summed E-state index contributed by atoms with van der Waals surface area (Å²) in [6.07, 6.45) is 1.53. The summed E-state index contributed by atoms with van der Waals surface area (Å²) >= 11 is 1.60. The van der Waals surface area contributed by atoms with Gasteiger partial charge in [0.25, 0.3) is 0 Å². The van der Waals surface area contributed by atoms with Crippen LogP contribution in [0.25, 0.3) is 10.2 Å². The second kappa shape index (κ2) is 6.62. The molecule has 0 aliphatic heterocycles. The predicted molar refractivity (Wildman–Crippen MR) is 88.0 cm³/mol. The van der Waals surface area contributed by atoms with Gasteiger partial charge in [0.2, 0.25) is 0 Å². The highest BCUT2D eigenvalue weighted by atomic mass is 32.1. The van der Waals surface area contributed by atoms with Crippen LogP contribution < -0.4 is 4.74 Å². The maximum Gasteiger partial charge on any atom is 0.195 e. The molecule has 0 aliphatic rings. The van der Waals surface area contributed by atoms with Crippen LogP contribution in [0.2, 0.25) is 0 Å². The molecule has 2 heterocycles. The van der Waals surface area contributed by atoms with Crippen LogP contribution in [0.15, 0.2) is 46.2 Å². The summed E-state index contributed by atoms with van der Waals surface area (Å²) in [5, 5.41) is 10.6. The van der Waals surface area contributed by atoms with Crippen molar-refractivity contribution in [2.45, 2.75) is 20.4 Å². The summed E-state index contributed by atoms with van der Waals surface area (Å²) < 4.78 is 6.46. The van der Waals surface area contributed by atoms with Crippen molar-refractivity contribution in [1.29, 1.82) is 0 Å². The third-order valence-electron chi connectivity index (χ3n) is 3.14. The van der Waals surface area contributed by atoms with E-state index in [1.165, 1.54) is 6.33 Å². The zero-order valence-corrected chi connectivity index (χ0v) is 13.3. The van der Waals surface area contributed by atoms with E-state index < -0.39 is 0 Å². The summed E-state index contributed by atoms with van der Waals surface area (Å²) in [5.41, 5.74) is 3.15. The van der Waals surface area contributed by atoms with Gasteiger partial charge in [0.05, 0.1) is 23.4 Å². The second-order valence-corrected chi connectivity index (χ2v) is 5.65. The van der Waals surface area contributed by atoms with Gasteiger partial charge >= 0.3 is 0 Å². The van der Waals surface area contributed by atoms with E-state index in [2.05, 4.69) is 25.6 Å². The van der Waals surface area contributed by atoms with Crippen LogP contribution in [0.5, 0.6) is 5.75 Å². The number of azo groups is 1. The van der Waals surface area contributed by atoms with Crippen LogP contribution in [-0.2, 0) is 6.54 Å². The first-order chi connectivity index (χ1) is 10.8.